The van der Waals surface area contributed by atoms with E-state index in [1.165, 1.54) is 81.4 Å². The minimum absolute atomic E-state index is 0.586. The van der Waals surface area contributed by atoms with Gasteiger partial charge in [-0.2, -0.15) is 0 Å². The van der Waals surface area contributed by atoms with Gasteiger partial charge in [0.15, 0.2) is 17.5 Å². The second kappa shape index (κ2) is 16.7. The summed E-state index contributed by atoms with van der Waals surface area (Å²) in [6, 6.07) is 87.8. The van der Waals surface area contributed by atoms with Gasteiger partial charge in [0, 0.05) is 71.5 Å². The lowest BCUT2D eigenvalue weighted by molar-refractivity contribution is 1.07. The molecule has 12 aromatic carbocycles. The summed E-state index contributed by atoms with van der Waals surface area (Å²) in [6.45, 7) is 4.44. The molecule has 0 aliphatic rings. The Hall–Kier alpha value is -10.2. The number of rotatable bonds is 6. The van der Waals surface area contributed by atoms with E-state index in [-0.39, 0.29) is 0 Å². The van der Waals surface area contributed by atoms with Crippen LogP contribution in [0.3, 0.4) is 0 Å². The summed E-state index contributed by atoms with van der Waals surface area (Å²) in [5, 5.41) is 14.5. The summed E-state index contributed by atoms with van der Waals surface area (Å²) in [7, 11) is 0. The highest BCUT2D eigenvalue weighted by molar-refractivity contribution is 6.34. The normalized spacial score (nSPS) is 12.0. The first-order valence-corrected chi connectivity index (χ1v) is 26.3. The van der Waals surface area contributed by atoms with Crippen molar-refractivity contribution < 1.29 is 0 Å². The summed E-state index contributed by atoms with van der Waals surface area (Å²) in [4.78, 5) is 16.4. The molecule has 4 aromatic heterocycles. The molecule has 0 saturated heterocycles. The van der Waals surface area contributed by atoms with E-state index in [4.69, 9.17) is 15.0 Å². The summed E-state index contributed by atoms with van der Waals surface area (Å²) in [5.74, 6) is 1.79. The Morgan fingerprint density at radius 2 is 0.623 bits per heavy atom. The van der Waals surface area contributed by atoms with E-state index in [0.717, 1.165) is 61.2 Å². The van der Waals surface area contributed by atoms with Crippen LogP contribution in [-0.2, 0) is 0 Å². The van der Waals surface area contributed by atoms with Crippen LogP contribution in [0.15, 0.2) is 243 Å². The van der Waals surface area contributed by atoms with Crippen LogP contribution in [0.5, 0.6) is 0 Å². The van der Waals surface area contributed by atoms with Crippen molar-refractivity contribution in [1.29, 1.82) is 0 Å². The average molecular weight is 983 g/mol. The lowest BCUT2D eigenvalue weighted by atomic mass is 9.90. The van der Waals surface area contributed by atoms with Crippen LogP contribution < -0.4 is 0 Å². The topological polar surface area (TPSA) is 53.5 Å². The van der Waals surface area contributed by atoms with Gasteiger partial charge in [-0.15, -0.1) is 0 Å². The number of para-hydroxylation sites is 6. The fourth-order valence-corrected chi connectivity index (χ4v) is 12.5. The standard InChI is InChI=1S/C71H46N6/c1-43-37-59-57-35-36-58-55-27-13-18-32-66(55)77(48-21-7-4-8-22-48)68(58)67(57)56-34-33-46(41-61(56)60(59)38-44(43)2)70-72-69(45-19-5-3-6-20-45)73-71(74-70)47-39-49(75-62-28-14-9-23-51(62)52-24-10-15-29-63(52)75)42-50(40-47)76-64-30-16-11-25-53(64)54-26-12-17-31-65(54)76/h3-42H,1-2H3. The Kier molecular flexibility index (Phi) is 9.36. The van der Waals surface area contributed by atoms with Gasteiger partial charge in [-0.1, -0.05) is 176 Å². The fraction of sp³-hybridized carbons (Fsp3) is 0.0282. The highest BCUT2D eigenvalue weighted by Gasteiger charge is 2.23. The first-order valence-electron chi connectivity index (χ1n) is 26.3. The van der Waals surface area contributed by atoms with Crippen molar-refractivity contribution in [1.82, 2.24) is 28.7 Å². The van der Waals surface area contributed by atoms with Crippen molar-refractivity contribution in [3.63, 3.8) is 0 Å². The lowest BCUT2D eigenvalue weighted by Gasteiger charge is -2.17. The molecular formula is C71H46N6. The maximum atomic E-state index is 5.56. The minimum atomic E-state index is 0.586. The van der Waals surface area contributed by atoms with E-state index in [1.807, 2.05) is 6.07 Å². The van der Waals surface area contributed by atoms with Gasteiger partial charge in [0.05, 0.1) is 33.1 Å². The molecule has 360 valence electrons. The Morgan fingerprint density at radius 3 is 1.14 bits per heavy atom. The van der Waals surface area contributed by atoms with Gasteiger partial charge >= 0.3 is 0 Å². The Labute approximate surface area is 443 Å². The minimum Gasteiger partial charge on any atom is -0.309 e. The number of benzene rings is 12. The first kappa shape index (κ1) is 43.3. The second-order valence-corrected chi connectivity index (χ2v) is 20.5. The van der Waals surface area contributed by atoms with Gasteiger partial charge in [0.25, 0.3) is 0 Å². The summed E-state index contributed by atoms with van der Waals surface area (Å²) < 4.78 is 7.24. The first-order chi connectivity index (χ1) is 38.0. The predicted octanol–water partition coefficient (Wildman–Crippen LogP) is 18.2. The zero-order valence-electron chi connectivity index (χ0n) is 42.3. The maximum Gasteiger partial charge on any atom is 0.164 e. The number of aromatic nitrogens is 6. The molecule has 0 aliphatic carbocycles. The smallest absolute Gasteiger partial charge is 0.164 e. The van der Waals surface area contributed by atoms with Gasteiger partial charge in [-0.3, -0.25) is 0 Å². The van der Waals surface area contributed by atoms with E-state index in [9.17, 15) is 0 Å². The Bertz CT molecular complexity index is 4880. The molecule has 6 nitrogen and oxygen atoms in total. The molecule has 0 N–H and O–H groups in total. The van der Waals surface area contributed by atoms with Crippen LogP contribution in [0, 0.1) is 13.8 Å². The third-order valence-corrected chi connectivity index (χ3v) is 16.1. The molecule has 16 rings (SSSR count). The molecule has 0 fully saturated rings. The molecule has 0 bridgehead atoms. The number of aryl methyl sites for hydroxylation is 2. The fourth-order valence-electron chi connectivity index (χ4n) is 12.5. The number of fused-ring (bicyclic) bond motifs is 16. The molecule has 0 radical (unpaired) electrons. The Balaban J connectivity index is 0.988. The molecule has 0 amide bonds. The van der Waals surface area contributed by atoms with Crippen LogP contribution in [0.1, 0.15) is 11.1 Å². The molecule has 0 saturated carbocycles. The molecule has 0 atom stereocenters. The van der Waals surface area contributed by atoms with Crippen LogP contribution >= 0.6 is 0 Å². The van der Waals surface area contributed by atoms with Gasteiger partial charge < -0.3 is 13.7 Å². The Morgan fingerprint density at radius 1 is 0.247 bits per heavy atom. The monoisotopic (exact) mass is 982 g/mol. The third kappa shape index (κ3) is 6.52. The van der Waals surface area contributed by atoms with Gasteiger partial charge in [0.1, 0.15) is 0 Å². The van der Waals surface area contributed by atoms with Crippen molar-refractivity contribution in [2.24, 2.45) is 0 Å². The molecule has 77 heavy (non-hydrogen) atoms. The molecule has 0 aliphatic heterocycles. The molecular weight excluding hydrogens is 937 g/mol. The number of nitrogens with zero attached hydrogens (tertiary/aromatic N) is 6. The number of hydrogen-bond donors (Lipinski definition) is 0. The largest absolute Gasteiger partial charge is 0.309 e. The third-order valence-electron chi connectivity index (χ3n) is 16.1. The number of hydrogen-bond acceptors (Lipinski definition) is 3. The van der Waals surface area contributed by atoms with E-state index in [0.29, 0.717) is 17.5 Å². The van der Waals surface area contributed by atoms with Crippen molar-refractivity contribution in [2.45, 2.75) is 13.8 Å². The van der Waals surface area contributed by atoms with Gasteiger partial charge in [0.2, 0.25) is 0 Å². The average Bonchev–Trinajstić information content (AvgIpc) is 4.23. The van der Waals surface area contributed by atoms with Gasteiger partial charge in [-0.25, -0.2) is 15.0 Å². The molecule has 0 spiro atoms. The second-order valence-electron chi connectivity index (χ2n) is 20.5. The van der Waals surface area contributed by atoms with E-state index in [2.05, 4.69) is 264 Å². The van der Waals surface area contributed by atoms with Gasteiger partial charge in [-0.05, 0) is 119 Å². The maximum absolute atomic E-state index is 5.56. The quantitative estimate of drug-likeness (QED) is 0.156. The zero-order valence-corrected chi connectivity index (χ0v) is 42.3. The van der Waals surface area contributed by atoms with Crippen molar-refractivity contribution in [3.05, 3.63) is 254 Å². The van der Waals surface area contributed by atoms with Crippen molar-refractivity contribution in [2.75, 3.05) is 0 Å². The highest BCUT2D eigenvalue weighted by atomic mass is 15.0. The van der Waals surface area contributed by atoms with Crippen LogP contribution in [0.4, 0.5) is 0 Å². The summed E-state index contributed by atoms with van der Waals surface area (Å²) in [6.07, 6.45) is 0. The van der Waals surface area contributed by atoms with E-state index >= 15 is 0 Å². The zero-order chi connectivity index (χ0) is 50.9. The van der Waals surface area contributed by atoms with Crippen molar-refractivity contribution >= 4 is 97.7 Å². The van der Waals surface area contributed by atoms with E-state index in [1.54, 1.807) is 0 Å². The van der Waals surface area contributed by atoms with Crippen LogP contribution in [0.2, 0.25) is 0 Å². The molecule has 4 heterocycles. The molecule has 0 unspecified atom stereocenters. The predicted molar refractivity (Wildman–Crippen MR) is 321 cm³/mol. The SMILES string of the molecule is Cc1cc2c3cc(-c4nc(-c5ccccc5)nc(-c5cc(-n6c7ccccc7c7ccccc76)cc(-n6c7ccccc7c7ccccc76)c5)n4)ccc3c3c(ccc4c5ccccc5n(-c5ccccc5)c43)c2cc1C. The lowest BCUT2D eigenvalue weighted by Crippen LogP contribution is -2.03. The van der Waals surface area contributed by atoms with Crippen LogP contribution in [-0.4, -0.2) is 28.7 Å². The molecule has 16 aromatic rings. The van der Waals surface area contributed by atoms with Crippen molar-refractivity contribution in [3.8, 4) is 51.2 Å². The molecule has 6 heteroatoms. The van der Waals surface area contributed by atoms with Crippen LogP contribution in [0.25, 0.3) is 149 Å². The highest BCUT2D eigenvalue weighted by Crippen LogP contribution is 2.45. The van der Waals surface area contributed by atoms with E-state index < -0.39 is 0 Å². The summed E-state index contributed by atoms with van der Waals surface area (Å²) in [5.41, 5.74) is 15.2. The summed E-state index contributed by atoms with van der Waals surface area (Å²) >= 11 is 0.